The smallest absolute Gasteiger partial charge is 0.266 e. The first-order chi connectivity index (χ1) is 4.74. The Balaban J connectivity index is 2.57. The Morgan fingerprint density at radius 3 is 3.00 bits per heavy atom. The minimum atomic E-state index is -0.637. The van der Waals surface area contributed by atoms with E-state index < -0.39 is 12.0 Å². The largest absolute Gasteiger partial charge is 0.376 e. The average Bonchev–Trinajstić information content (AvgIpc) is 2.34. The first kappa shape index (κ1) is 6.55. The molecular weight excluding hydrogens is 134 g/mol. The summed E-state index contributed by atoms with van der Waals surface area (Å²) in [5.41, 5.74) is 4.99. The van der Waals surface area contributed by atoms with Crippen molar-refractivity contribution >= 4 is 11.6 Å². The molecule has 0 aliphatic carbocycles. The van der Waals surface area contributed by atoms with Crippen LogP contribution in [0.4, 0.5) is 0 Å². The van der Waals surface area contributed by atoms with Gasteiger partial charge < -0.3 is 10.6 Å². The van der Waals surface area contributed by atoms with Crippen LogP contribution in [-0.4, -0.2) is 17.7 Å². The molecule has 0 fully saturated rings. The van der Waals surface area contributed by atoms with Gasteiger partial charge in [-0.15, -0.1) is 0 Å². The molecule has 2 N–H and O–H groups in total. The van der Waals surface area contributed by atoms with Gasteiger partial charge in [0.25, 0.3) is 5.91 Å². The monoisotopic (exact) mass is 139 g/mol. The molecule has 5 heteroatoms. The summed E-state index contributed by atoms with van der Waals surface area (Å²) in [5.74, 6) is -0.627. The zero-order valence-electron chi connectivity index (χ0n) is 5.07. The number of amides is 1. The number of oxime groups is 1. The maximum Gasteiger partial charge on any atom is 0.266 e. The van der Waals surface area contributed by atoms with E-state index in [0.717, 1.165) is 0 Å². The van der Waals surface area contributed by atoms with Crippen molar-refractivity contribution in [3.63, 3.8) is 0 Å². The summed E-state index contributed by atoms with van der Waals surface area (Å²) in [5, 5.41) is 11.6. The van der Waals surface area contributed by atoms with Crippen LogP contribution in [0.25, 0.3) is 0 Å². The van der Waals surface area contributed by atoms with Gasteiger partial charge >= 0.3 is 0 Å². The number of carbonyl (C=O) groups is 1. The Bertz CT molecular complexity index is 228. The molecule has 0 aromatic carbocycles. The molecule has 0 bridgehead atoms. The molecule has 0 radical (unpaired) electrons. The third-order valence-electron chi connectivity index (χ3n) is 1.10. The summed E-state index contributed by atoms with van der Waals surface area (Å²) >= 11 is 0. The maximum absolute atomic E-state index is 10.4. The summed E-state index contributed by atoms with van der Waals surface area (Å²) < 4.78 is 0. The molecule has 0 saturated heterocycles. The molecule has 1 rings (SSSR count). The third-order valence-corrected chi connectivity index (χ3v) is 1.10. The molecule has 52 valence electrons. The van der Waals surface area contributed by atoms with E-state index in [0.29, 0.717) is 0 Å². The van der Waals surface area contributed by atoms with Gasteiger partial charge in [0.1, 0.15) is 11.8 Å². The van der Waals surface area contributed by atoms with Gasteiger partial charge in [-0.25, -0.2) is 0 Å². The summed E-state index contributed by atoms with van der Waals surface area (Å²) in [6.07, 6.45) is -0.436. The number of nitrogens with two attached hydrogens (primary N) is 1. The number of rotatable bonds is 1. The first-order valence-corrected chi connectivity index (χ1v) is 2.66. The highest BCUT2D eigenvalue weighted by molar-refractivity contribution is 6.38. The second kappa shape index (κ2) is 2.35. The van der Waals surface area contributed by atoms with Crippen molar-refractivity contribution in [3.8, 4) is 6.07 Å². The van der Waals surface area contributed by atoms with E-state index >= 15 is 0 Å². The van der Waals surface area contributed by atoms with Gasteiger partial charge in [-0.05, 0) is 0 Å². The molecule has 10 heavy (non-hydrogen) atoms. The molecule has 1 heterocycles. The van der Waals surface area contributed by atoms with E-state index in [2.05, 4.69) is 9.99 Å². The lowest BCUT2D eigenvalue weighted by atomic mass is 10.2. The Labute approximate surface area is 57.1 Å². The van der Waals surface area contributed by atoms with Crippen LogP contribution in [0, 0.1) is 11.3 Å². The molecule has 5 nitrogen and oxygen atoms in total. The Hall–Kier alpha value is -1.57. The van der Waals surface area contributed by atoms with E-state index in [-0.39, 0.29) is 12.1 Å². The lowest BCUT2D eigenvalue weighted by Crippen LogP contribution is -2.22. The van der Waals surface area contributed by atoms with Crippen molar-refractivity contribution in [3.05, 3.63) is 0 Å². The van der Waals surface area contributed by atoms with Gasteiger partial charge in [0.05, 0.1) is 6.42 Å². The summed E-state index contributed by atoms with van der Waals surface area (Å²) in [6, 6.07) is 1.80. The van der Waals surface area contributed by atoms with Crippen molar-refractivity contribution in [2.75, 3.05) is 0 Å². The Morgan fingerprint density at radius 2 is 2.70 bits per heavy atom. The number of nitriles is 1. The van der Waals surface area contributed by atoms with Crippen LogP contribution in [0.15, 0.2) is 5.16 Å². The Kier molecular flexibility index (Phi) is 1.54. The van der Waals surface area contributed by atoms with E-state index in [1.54, 1.807) is 6.07 Å². The molecular formula is C5H5N3O2. The molecule has 1 atom stereocenters. The quantitative estimate of drug-likeness (QED) is 0.512. The Morgan fingerprint density at radius 1 is 2.00 bits per heavy atom. The SMILES string of the molecule is N#CC1CC(C(N)=O)=NO1. The second-order valence-corrected chi connectivity index (χ2v) is 1.83. The predicted octanol–water partition coefficient (Wildman–Crippen LogP) is -0.860. The van der Waals surface area contributed by atoms with Crippen LogP contribution in [0.5, 0.6) is 0 Å². The molecule has 0 saturated carbocycles. The lowest BCUT2D eigenvalue weighted by Gasteiger charge is -1.91. The maximum atomic E-state index is 10.4. The third kappa shape index (κ3) is 1.05. The highest BCUT2D eigenvalue weighted by Crippen LogP contribution is 2.08. The lowest BCUT2D eigenvalue weighted by molar-refractivity contribution is -0.112. The van der Waals surface area contributed by atoms with Crippen LogP contribution in [-0.2, 0) is 9.63 Å². The van der Waals surface area contributed by atoms with Crippen LogP contribution < -0.4 is 5.73 Å². The minimum absolute atomic E-state index is 0.131. The van der Waals surface area contributed by atoms with E-state index in [9.17, 15) is 4.79 Å². The van der Waals surface area contributed by atoms with Crippen LogP contribution in [0.1, 0.15) is 6.42 Å². The van der Waals surface area contributed by atoms with Crippen molar-refractivity contribution < 1.29 is 9.63 Å². The number of primary amides is 1. The van der Waals surface area contributed by atoms with E-state index in [1.807, 2.05) is 0 Å². The summed E-state index contributed by atoms with van der Waals surface area (Å²) in [7, 11) is 0. The highest BCUT2D eigenvalue weighted by atomic mass is 16.6. The fourth-order valence-corrected chi connectivity index (χ4v) is 0.592. The topological polar surface area (TPSA) is 88.5 Å². The van der Waals surface area contributed by atoms with Gasteiger partial charge in [0.2, 0.25) is 6.10 Å². The molecule has 1 unspecified atom stereocenters. The first-order valence-electron chi connectivity index (χ1n) is 2.66. The predicted molar refractivity (Wildman–Crippen MR) is 31.7 cm³/mol. The highest BCUT2D eigenvalue weighted by Gasteiger charge is 2.23. The standard InChI is InChI=1S/C5H5N3O2/c6-2-3-1-4(5(7)9)8-10-3/h3H,1H2,(H2,7,9). The van der Waals surface area contributed by atoms with Gasteiger partial charge in [-0.3, -0.25) is 4.79 Å². The van der Waals surface area contributed by atoms with Gasteiger partial charge in [-0.2, -0.15) is 5.26 Å². The second-order valence-electron chi connectivity index (χ2n) is 1.83. The fraction of sp³-hybridized carbons (Fsp3) is 0.400. The van der Waals surface area contributed by atoms with Crippen LogP contribution in [0.3, 0.4) is 0 Å². The zero-order valence-corrected chi connectivity index (χ0v) is 5.07. The van der Waals surface area contributed by atoms with Crippen molar-refractivity contribution in [2.24, 2.45) is 10.9 Å². The molecule has 1 aliphatic rings. The molecule has 1 amide bonds. The van der Waals surface area contributed by atoms with Gasteiger partial charge in [0.15, 0.2) is 0 Å². The van der Waals surface area contributed by atoms with Crippen LogP contribution >= 0.6 is 0 Å². The summed E-state index contributed by atoms with van der Waals surface area (Å²) in [4.78, 5) is 14.9. The van der Waals surface area contributed by atoms with Gasteiger partial charge in [0, 0.05) is 0 Å². The molecule has 1 aliphatic heterocycles. The minimum Gasteiger partial charge on any atom is -0.376 e. The number of hydrogen-bond acceptors (Lipinski definition) is 4. The van der Waals surface area contributed by atoms with Crippen molar-refractivity contribution in [1.82, 2.24) is 0 Å². The zero-order chi connectivity index (χ0) is 7.56. The molecule has 0 spiro atoms. The van der Waals surface area contributed by atoms with Crippen LogP contribution in [0.2, 0.25) is 0 Å². The fourth-order valence-electron chi connectivity index (χ4n) is 0.592. The van der Waals surface area contributed by atoms with Crippen molar-refractivity contribution in [2.45, 2.75) is 12.5 Å². The molecule has 0 aromatic rings. The van der Waals surface area contributed by atoms with Crippen molar-refractivity contribution in [1.29, 1.82) is 5.26 Å². The van der Waals surface area contributed by atoms with Gasteiger partial charge in [-0.1, -0.05) is 5.16 Å². The van der Waals surface area contributed by atoms with E-state index in [1.165, 1.54) is 0 Å². The number of carbonyl (C=O) groups excluding carboxylic acids is 1. The number of nitrogens with zero attached hydrogens (tertiary/aromatic N) is 2. The van der Waals surface area contributed by atoms with E-state index in [4.69, 9.17) is 11.0 Å². The number of hydrogen-bond donors (Lipinski definition) is 1. The molecule has 0 aromatic heterocycles. The normalized spacial score (nSPS) is 22.7. The average molecular weight is 139 g/mol. The summed E-state index contributed by atoms with van der Waals surface area (Å²) in [6.45, 7) is 0.